The molecule has 0 saturated carbocycles. The van der Waals surface area contributed by atoms with Crippen LogP contribution in [0, 0.1) is 0 Å². The van der Waals surface area contributed by atoms with Gasteiger partial charge in [0.05, 0.1) is 29.8 Å². The number of hydrogen-bond acceptors (Lipinski definition) is 8. The molecule has 0 aliphatic rings. The van der Waals surface area contributed by atoms with Crippen molar-refractivity contribution >= 4 is 31.9 Å². The van der Waals surface area contributed by atoms with Crippen molar-refractivity contribution in [3.05, 3.63) is 0 Å². The van der Waals surface area contributed by atoms with Crippen molar-refractivity contribution in [1.29, 1.82) is 0 Å². The highest BCUT2D eigenvalue weighted by molar-refractivity contribution is 6.60. The molecule has 25 heavy (non-hydrogen) atoms. The molecule has 0 bridgehead atoms. The molecule has 0 unspecified atom stereocenters. The van der Waals surface area contributed by atoms with Gasteiger partial charge in [-0.1, -0.05) is 20.8 Å². The van der Waals surface area contributed by atoms with Crippen LogP contribution in [0.3, 0.4) is 0 Å². The van der Waals surface area contributed by atoms with E-state index in [1.54, 1.807) is 0 Å². The first-order valence-electron chi connectivity index (χ1n) is 8.56. The average molecular weight is 374 g/mol. The van der Waals surface area contributed by atoms with E-state index in [0.29, 0.717) is 0 Å². The standard InChI is InChI=1S/C16H31N3O5Si/c1-8-13(4)17-22-25(12-11-21-16(7)20,23-18-14(5)9-2)24-19-15(6)10-3/h8-12H2,1-7H3. The summed E-state index contributed by atoms with van der Waals surface area (Å²) in [5.74, 6) is -0.391. The van der Waals surface area contributed by atoms with Gasteiger partial charge in [-0.25, -0.2) is 0 Å². The van der Waals surface area contributed by atoms with E-state index in [1.165, 1.54) is 6.92 Å². The Morgan fingerprint density at radius 2 is 1.12 bits per heavy atom. The minimum Gasteiger partial charge on any atom is -0.466 e. The van der Waals surface area contributed by atoms with Gasteiger partial charge in [-0.2, -0.15) is 0 Å². The molecule has 144 valence electrons. The minimum atomic E-state index is -3.44. The van der Waals surface area contributed by atoms with E-state index in [-0.39, 0.29) is 12.7 Å². The molecule has 0 atom stereocenters. The quantitative estimate of drug-likeness (QED) is 0.224. The predicted octanol–water partition coefficient (Wildman–Crippen LogP) is 3.90. The molecule has 0 aromatic rings. The fourth-order valence-corrected chi connectivity index (χ4v) is 2.75. The topological polar surface area (TPSA) is 91.1 Å². The number of rotatable bonds is 12. The first-order valence-corrected chi connectivity index (χ1v) is 10.5. The number of nitrogens with zero attached hydrogens (tertiary/aromatic N) is 3. The molecule has 0 fully saturated rings. The maximum Gasteiger partial charge on any atom is 0.765 e. The van der Waals surface area contributed by atoms with E-state index in [0.717, 1.165) is 36.4 Å². The smallest absolute Gasteiger partial charge is 0.466 e. The van der Waals surface area contributed by atoms with Gasteiger partial charge in [0.2, 0.25) is 0 Å². The Labute approximate surface area is 151 Å². The molecule has 0 amide bonds. The van der Waals surface area contributed by atoms with E-state index in [2.05, 4.69) is 15.5 Å². The van der Waals surface area contributed by atoms with Crippen molar-refractivity contribution in [2.24, 2.45) is 15.5 Å². The third kappa shape index (κ3) is 10.5. The van der Waals surface area contributed by atoms with Gasteiger partial charge in [-0.15, -0.1) is 15.5 Å². The average Bonchev–Trinajstić information content (AvgIpc) is 2.61. The van der Waals surface area contributed by atoms with Crippen molar-refractivity contribution in [3.63, 3.8) is 0 Å². The van der Waals surface area contributed by atoms with Crippen molar-refractivity contribution in [2.45, 2.75) is 73.8 Å². The lowest BCUT2D eigenvalue weighted by Crippen LogP contribution is -2.43. The van der Waals surface area contributed by atoms with E-state index in [1.807, 2.05) is 41.5 Å². The van der Waals surface area contributed by atoms with Crippen LogP contribution in [-0.2, 0) is 23.1 Å². The van der Waals surface area contributed by atoms with E-state index in [4.69, 9.17) is 18.3 Å². The summed E-state index contributed by atoms with van der Waals surface area (Å²) in [4.78, 5) is 11.1. The zero-order chi connectivity index (χ0) is 19.3. The number of carbonyl (C=O) groups excluding carboxylic acids is 1. The summed E-state index contributed by atoms with van der Waals surface area (Å²) in [7, 11) is -3.44. The fraction of sp³-hybridized carbons (Fsp3) is 0.750. The van der Waals surface area contributed by atoms with E-state index >= 15 is 0 Å². The summed E-state index contributed by atoms with van der Waals surface area (Å²) in [6.45, 7) is 12.8. The van der Waals surface area contributed by atoms with Crippen LogP contribution < -0.4 is 0 Å². The molecule has 0 radical (unpaired) electrons. The van der Waals surface area contributed by atoms with E-state index in [9.17, 15) is 4.79 Å². The summed E-state index contributed by atoms with van der Waals surface area (Å²) in [6.07, 6.45) is 2.18. The summed E-state index contributed by atoms with van der Waals surface area (Å²) in [6, 6.07) is 0.189. The number of esters is 1. The van der Waals surface area contributed by atoms with Gasteiger partial charge in [-0.3, -0.25) is 4.79 Å². The van der Waals surface area contributed by atoms with Gasteiger partial charge >= 0.3 is 14.8 Å². The number of ether oxygens (including phenoxy) is 1. The highest BCUT2D eigenvalue weighted by atomic mass is 28.4. The lowest BCUT2D eigenvalue weighted by Gasteiger charge is -2.22. The molecule has 9 heteroatoms. The third-order valence-electron chi connectivity index (χ3n) is 3.27. The normalized spacial score (nSPS) is 15.4. The van der Waals surface area contributed by atoms with Crippen LogP contribution in [0.2, 0.25) is 6.04 Å². The van der Waals surface area contributed by atoms with Gasteiger partial charge in [0.15, 0.2) is 0 Å². The lowest BCUT2D eigenvalue weighted by molar-refractivity contribution is -0.140. The second-order valence-electron chi connectivity index (χ2n) is 5.59. The summed E-state index contributed by atoms with van der Waals surface area (Å²) >= 11 is 0. The van der Waals surface area contributed by atoms with Crippen molar-refractivity contribution in [2.75, 3.05) is 6.61 Å². The minimum absolute atomic E-state index is 0.0730. The van der Waals surface area contributed by atoms with Crippen LogP contribution in [0.15, 0.2) is 15.5 Å². The molecule has 0 N–H and O–H groups in total. The van der Waals surface area contributed by atoms with Crippen molar-refractivity contribution in [1.82, 2.24) is 0 Å². The molecule has 8 nitrogen and oxygen atoms in total. The number of carbonyl (C=O) groups is 1. The zero-order valence-corrected chi connectivity index (χ0v) is 17.4. The highest BCUT2D eigenvalue weighted by Crippen LogP contribution is 2.19. The van der Waals surface area contributed by atoms with Crippen LogP contribution in [0.5, 0.6) is 0 Å². The first kappa shape index (κ1) is 23.1. The molecule has 0 aliphatic heterocycles. The van der Waals surface area contributed by atoms with Gasteiger partial charge in [0.1, 0.15) is 0 Å². The summed E-state index contributed by atoms with van der Waals surface area (Å²) in [5, 5.41) is 12.2. The fourth-order valence-electron chi connectivity index (χ4n) is 1.14. The third-order valence-corrected chi connectivity index (χ3v) is 5.20. The predicted molar refractivity (Wildman–Crippen MR) is 101 cm³/mol. The van der Waals surface area contributed by atoms with Crippen molar-refractivity contribution < 1.29 is 23.1 Å². The van der Waals surface area contributed by atoms with E-state index < -0.39 is 14.8 Å². The molecular weight excluding hydrogens is 342 g/mol. The first-order chi connectivity index (χ1) is 11.8. The second kappa shape index (κ2) is 12.5. The monoisotopic (exact) mass is 373 g/mol. The number of hydrogen-bond donors (Lipinski definition) is 0. The van der Waals surface area contributed by atoms with Crippen LogP contribution in [0.4, 0.5) is 0 Å². The molecule has 0 spiro atoms. The molecule has 0 heterocycles. The molecule has 0 aromatic heterocycles. The van der Waals surface area contributed by atoms with Gasteiger partial charge in [0.25, 0.3) is 0 Å². The molecule has 0 saturated heterocycles. The Morgan fingerprint density at radius 1 is 0.760 bits per heavy atom. The molecule has 0 rings (SSSR count). The largest absolute Gasteiger partial charge is 0.765 e. The van der Waals surface area contributed by atoms with Gasteiger partial charge in [0, 0.05) is 6.92 Å². The van der Waals surface area contributed by atoms with Crippen LogP contribution in [0.25, 0.3) is 0 Å². The highest BCUT2D eigenvalue weighted by Gasteiger charge is 2.52. The Hall–Kier alpha value is -1.90. The van der Waals surface area contributed by atoms with Crippen molar-refractivity contribution in [3.8, 4) is 0 Å². The summed E-state index contributed by atoms with van der Waals surface area (Å²) in [5.41, 5.74) is 2.34. The number of oxime groups is 3. The lowest BCUT2D eigenvalue weighted by atomic mass is 10.3. The molecule has 0 aromatic carbocycles. The maximum atomic E-state index is 11.1. The Morgan fingerprint density at radius 3 is 1.40 bits per heavy atom. The second-order valence-corrected chi connectivity index (χ2v) is 8.00. The zero-order valence-electron chi connectivity index (χ0n) is 16.4. The Bertz CT molecular complexity index is 451. The maximum absolute atomic E-state index is 11.1. The summed E-state index contributed by atoms with van der Waals surface area (Å²) < 4.78 is 21.9. The van der Waals surface area contributed by atoms with Gasteiger partial charge < -0.3 is 18.3 Å². The van der Waals surface area contributed by atoms with Crippen LogP contribution in [0.1, 0.15) is 67.7 Å². The molecular formula is C16H31N3O5Si. The SMILES string of the molecule is CCC(C)=NO[Si](CCOC(C)=O)(ON=C(C)CC)ON=C(C)CC. The van der Waals surface area contributed by atoms with Crippen LogP contribution >= 0.6 is 0 Å². The van der Waals surface area contributed by atoms with Crippen LogP contribution in [-0.4, -0.2) is 38.5 Å². The Balaban J connectivity index is 5.51. The Kier molecular flexibility index (Phi) is 11.5. The molecule has 0 aliphatic carbocycles. The van der Waals surface area contributed by atoms with Gasteiger partial charge in [-0.05, 0) is 40.0 Å².